The van der Waals surface area contributed by atoms with Gasteiger partial charge in [0.1, 0.15) is 0 Å². The Labute approximate surface area is 191 Å². The minimum atomic E-state index is 0.163. The van der Waals surface area contributed by atoms with Crippen molar-refractivity contribution >= 4 is 29.7 Å². The first-order chi connectivity index (χ1) is 15.4. The fraction of sp³-hybridized carbons (Fsp3) is 0.773. The molecule has 0 saturated carbocycles. The molecule has 32 heavy (non-hydrogen) atoms. The van der Waals surface area contributed by atoms with E-state index in [0.29, 0.717) is 55.6 Å². The zero-order chi connectivity index (χ0) is 22.9. The van der Waals surface area contributed by atoms with Crippen LogP contribution in [0, 0.1) is 11.8 Å². The second-order valence-corrected chi connectivity index (χ2v) is 9.08. The van der Waals surface area contributed by atoms with Gasteiger partial charge in [0.05, 0.1) is 0 Å². The number of nitrogens with zero attached hydrogens (tertiary/aromatic N) is 5. The van der Waals surface area contributed by atoms with Crippen molar-refractivity contribution in [3.8, 4) is 0 Å². The number of rotatable bonds is 9. The molecule has 2 amide bonds. The summed E-state index contributed by atoms with van der Waals surface area (Å²) in [5, 5.41) is 9.19. The molecule has 2 saturated heterocycles. The van der Waals surface area contributed by atoms with E-state index in [9.17, 15) is 9.59 Å². The van der Waals surface area contributed by atoms with Crippen LogP contribution in [0.5, 0.6) is 0 Å². The predicted molar refractivity (Wildman–Crippen MR) is 126 cm³/mol. The van der Waals surface area contributed by atoms with Crippen molar-refractivity contribution in [2.24, 2.45) is 11.8 Å². The van der Waals surface area contributed by atoms with Gasteiger partial charge >= 0.3 is 0 Å². The van der Waals surface area contributed by atoms with Crippen LogP contribution in [0.15, 0.2) is 0 Å². The molecule has 3 heterocycles. The lowest BCUT2D eigenvalue weighted by Crippen LogP contribution is -2.39. The van der Waals surface area contributed by atoms with Gasteiger partial charge in [0, 0.05) is 59.2 Å². The Kier molecular flexibility index (Phi) is 8.87. The van der Waals surface area contributed by atoms with Gasteiger partial charge < -0.3 is 25.8 Å². The van der Waals surface area contributed by atoms with Gasteiger partial charge in [0.2, 0.25) is 29.7 Å². The summed E-state index contributed by atoms with van der Waals surface area (Å²) in [5.41, 5.74) is 0. The average Bonchev–Trinajstić information content (AvgIpc) is 2.78. The van der Waals surface area contributed by atoms with Crippen molar-refractivity contribution in [3.05, 3.63) is 0 Å². The van der Waals surface area contributed by atoms with Gasteiger partial charge in [0.15, 0.2) is 0 Å². The Balaban J connectivity index is 1.46. The van der Waals surface area contributed by atoms with Crippen LogP contribution in [-0.2, 0) is 9.59 Å². The van der Waals surface area contributed by atoms with Crippen molar-refractivity contribution in [1.82, 2.24) is 24.8 Å². The molecule has 2 aliphatic rings. The Morgan fingerprint density at radius 1 is 0.812 bits per heavy atom. The third-order valence-electron chi connectivity index (χ3n) is 6.12. The number of carbonyl (C=O) groups is 2. The van der Waals surface area contributed by atoms with Crippen LogP contribution in [0.2, 0.25) is 0 Å². The number of carbonyl (C=O) groups excluding carboxylic acids is 2. The maximum Gasteiger partial charge on any atom is 0.229 e. The van der Waals surface area contributed by atoms with E-state index >= 15 is 0 Å². The minimum absolute atomic E-state index is 0.163. The number of nitrogens with one attached hydrogen (secondary N) is 3. The van der Waals surface area contributed by atoms with Gasteiger partial charge in [-0.3, -0.25) is 9.59 Å². The van der Waals surface area contributed by atoms with Gasteiger partial charge in [-0.2, -0.15) is 15.0 Å². The molecule has 3 N–H and O–H groups in total. The van der Waals surface area contributed by atoms with Crippen LogP contribution in [0.1, 0.15) is 52.4 Å². The van der Waals surface area contributed by atoms with E-state index in [-0.39, 0.29) is 11.8 Å². The summed E-state index contributed by atoms with van der Waals surface area (Å²) in [5.74, 6) is 2.71. The van der Waals surface area contributed by atoms with E-state index in [1.54, 1.807) is 7.05 Å². The lowest BCUT2D eigenvalue weighted by atomic mass is 10.00. The van der Waals surface area contributed by atoms with Crippen molar-refractivity contribution in [2.45, 2.75) is 52.4 Å². The smallest absolute Gasteiger partial charge is 0.229 e. The van der Waals surface area contributed by atoms with Crippen molar-refractivity contribution < 1.29 is 9.59 Å². The standard InChI is InChI=1S/C22H38N8O2/c1-16-6-4-12-29(14-16)18(31)8-10-24-21-26-20(23-3)27-22(28-21)25-11-9-19(32)30-13-5-7-17(2)15-30/h16-17H,4-15H2,1-3H3,(H3,23,24,25,26,27,28). The fourth-order valence-corrected chi connectivity index (χ4v) is 4.36. The molecule has 0 radical (unpaired) electrons. The first-order valence-corrected chi connectivity index (χ1v) is 11.9. The summed E-state index contributed by atoms with van der Waals surface area (Å²) in [7, 11) is 1.74. The third-order valence-corrected chi connectivity index (χ3v) is 6.12. The van der Waals surface area contributed by atoms with E-state index in [2.05, 4.69) is 44.7 Å². The second kappa shape index (κ2) is 11.8. The summed E-state index contributed by atoms with van der Waals surface area (Å²) in [6.07, 6.45) is 5.34. The quantitative estimate of drug-likeness (QED) is 0.528. The van der Waals surface area contributed by atoms with Crippen LogP contribution in [0.25, 0.3) is 0 Å². The van der Waals surface area contributed by atoms with Gasteiger partial charge in [-0.15, -0.1) is 0 Å². The zero-order valence-corrected chi connectivity index (χ0v) is 19.7. The minimum Gasteiger partial charge on any atom is -0.357 e. The van der Waals surface area contributed by atoms with Gasteiger partial charge in [0.25, 0.3) is 0 Å². The van der Waals surface area contributed by atoms with Crippen LogP contribution >= 0.6 is 0 Å². The molecule has 1 aromatic heterocycles. The summed E-state index contributed by atoms with van der Waals surface area (Å²) < 4.78 is 0. The average molecular weight is 447 g/mol. The van der Waals surface area contributed by atoms with Crippen molar-refractivity contribution in [3.63, 3.8) is 0 Å². The van der Waals surface area contributed by atoms with Crippen LogP contribution in [0.4, 0.5) is 17.8 Å². The van der Waals surface area contributed by atoms with Crippen molar-refractivity contribution in [1.29, 1.82) is 0 Å². The fourth-order valence-electron chi connectivity index (χ4n) is 4.36. The summed E-state index contributed by atoms with van der Waals surface area (Å²) in [6, 6.07) is 0. The highest BCUT2D eigenvalue weighted by Crippen LogP contribution is 2.17. The highest BCUT2D eigenvalue weighted by Gasteiger charge is 2.21. The molecule has 10 heteroatoms. The molecular weight excluding hydrogens is 408 g/mol. The molecule has 1 aromatic rings. The van der Waals surface area contributed by atoms with Crippen LogP contribution in [-0.4, -0.2) is 82.9 Å². The summed E-state index contributed by atoms with van der Waals surface area (Å²) >= 11 is 0. The van der Waals surface area contributed by atoms with Crippen LogP contribution < -0.4 is 16.0 Å². The Morgan fingerprint density at radius 3 is 1.66 bits per heavy atom. The Hall–Kier alpha value is -2.65. The molecule has 0 bridgehead atoms. The number of amides is 2. The van der Waals surface area contributed by atoms with Crippen LogP contribution in [0.3, 0.4) is 0 Å². The lowest BCUT2D eigenvalue weighted by Gasteiger charge is -2.31. The predicted octanol–water partition coefficient (Wildman–Crippen LogP) is 2.03. The molecule has 0 aliphatic carbocycles. The topological polar surface area (TPSA) is 115 Å². The highest BCUT2D eigenvalue weighted by atomic mass is 16.2. The zero-order valence-electron chi connectivity index (χ0n) is 19.7. The molecule has 0 spiro atoms. The maximum atomic E-state index is 12.5. The molecule has 3 rings (SSSR count). The van der Waals surface area contributed by atoms with Crippen molar-refractivity contribution in [2.75, 3.05) is 62.3 Å². The monoisotopic (exact) mass is 446 g/mol. The lowest BCUT2D eigenvalue weighted by molar-refractivity contribution is -0.133. The number of hydrogen-bond acceptors (Lipinski definition) is 8. The van der Waals surface area contributed by atoms with E-state index in [0.717, 1.165) is 39.0 Å². The van der Waals surface area contributed by atoms with Gasteiger partial charge in [-0.1, -0.05) is 13.8 Å². The number of aromatic nitrogens is 3. The molecular formula is C22H38N8O2. The normalized spacial score (nSPS) is 21.2. The largest absolute Gasteiger partial charge is 0.357 e. The summed E-state index contributed by atoms with van der Waals surface area (Å²) in [4.78, 5) is 41.8. The van der Waals surface area contributed by atoms with E-state index < -0.39 is 0 Å². The van der Waals surface area contributed by atoms with E-state index in [4.69, 9.17) is 0 Å². The molecule has 2 unspecified atom stereocenters. The SMILES string of the molecule is CNc1nc(NCCC(=O)N2CCCC(C)C2)nc(NCCC(=O)N2CCCC(C)C2)n1. The number of anilines is 3. The Bertz CT molecular complexity index is 716. The molecule has 2 atom stereocenters. The number of piperidine rings is 2. The van der Waals surface area contributed by atoms with E-state index in [1.807, 2.05) is 9.80 Å². The van der Waals surface area contributed by atoms with Gasteiger partial charge in [-0.25, -0.2) is 0 Å². The first kappa shape index (κ1) is 24.0. The number of hydrogen-bond donors (Lipinski definition) is 3. The molecule has 2 aliphatic heterocycles. The molecule has 10 nitrogen and oxygen atoms in total. The second-order valence-electron chi connectivity index (χ2n) is 9.08. The maximum absolute atomic E-state index is 12.5. The molecule has 178 valence electrons. The summed E-state index contributed by atoms with van der Waals surface area (Å²) in [6.45, 7) is 8.69. The third kappa shape index (κ3) is 7.20. The highest BCUT2D eigenvalue weighted by molar-refractivity contribution is 5.77. The van der Waals surface area contributed by atoms with E-state index in [1.165, 1.54) is 12.8 Å². The van der Waals surface area contributed by atoms with Gasteiger partial charge in [-0.05, 0) is 37.5 Å². The molecule has 2 fully saturated rings. The number of likely N-dealkylation sites (tertiary alicyclic amines) is 2. The first-order valence-electron chi connectivity index (χ1n) is 11.9. The molecule has 0 aromatic carbocycles. The Morgan fingerprint density at radius 2 is 1.25 bits per heavy atom.